The lowest BCUT2D eigenvalue weighted by Crippen LogP contribution is -2.32. The molecule has 7 heteroatoms. The summed E-state index contributed by atoms with van der Waals surface area (Å²) in [6.07, 6.45) is 3.92. The average Bonchev–Trinajstić information content (AvgIpc) is 2.93. The number of carbonyl (C=O) groups excluding carboxylic acids is 2. The highest BCUT2D eigenvalue weighted by atomic mass is 35.5. The molecule has 1 aromatic heterocycles. The molecule has 1 aliphatic rings. The van der Waals surface area contributed by atoms with Crippen molar-refractivity contribution in [2.24, 2.45) is 0 Å². The number of hydrogen-bond donors (Lipinski definition) is 1. The number of benzene rings is 1. The van der Waals surface area contributed by atoms with Gasteiger partial charge in [-0.05, 0) is 56.9 Å². The van der Waals surface area contributed by atoms with E-state index in [1.165, 1.54) is 4.90 Å². The second kappa shape index (κ2) is 8.54. The summed E-state index contributed by atoms with van der Waals surface area (Å²) in [5, 5.41) is 11.3. The van der Waals surface area contributed by atoms with Gasteiger partial charge in [0.2, 0.25) is 0 Å². The monoisotopic (exact) mass is 399 g/mol. The minimum absolute atomic E-state index is 0.0725. The van der Waals surface area contributed by atoms with E-state index in [9.17, 15) is 14.7 Å². The Hall–Kier alpha value is -2.70. The van der Waals surface area contributed by atoms with Gasteiger partial charge in [0.25, 0.3) is 11.7 Å². The second-order valence-electron chi connectivity index (χ2n) is 6.94. The van der Waals surface area contributed by atoms with Crippen molar-refractivity contribution in [1.82, 2.24) is 14.8 Å². The van der Waals surface area contributed by atoms with Gasteiger partial charge in [-0.25, -0.2) is 0 Å². The lowest BCUT2D eigenvalue weighted by Gasteiger charge is -2.25. The van der Waals surface area contributed by atoms with E-state index in [2.05, 4.69) is 4.98 Å². The van der Waals surface area contributed by atoms with E-state index >= 15 is 0 Å². The number of amides is 1. The smallest absolute Gasteiger partial charge is 0.295 e. The molecule has 1 saturated heterocycles. The highest BCUT2D eigenvalue weighted by molar-refractivity contribution is 6.46. The average molecular weight is 400 g/mol. The van der Waals surface area contributed by atoms with Crippen molar-refractivity contribution < 1.29 is 14.7 Å². The minimum Gasteiger partial charge on any atom is -0.507 e. The normalized spacial score (nSPS) is 18.9. The summed E-state index contributed by atoms with van der Waals surface area (Å²) in [4.78, 5) is 33.1. The van der Waals surface area contributed by atoms with Gasteiger partial charge in [-0.2, -0.15) is 0 Å². The Balaban J connectivity index is 2.07. The fourth-order valence-electron chi connectivity index (χ4n) is 3.35. The first-order chi connectivity index (χ1) is 13.4. The molecule has 1 N–H and O–H groups in total. The number of rotatable bonds is 6. The van der Waals surface area contributed by atoms with E-state index in [4.69, 9.17) is 11.6 Å². The van der Waals surface area contributed by atoms with Gasteiger partial charge in [0.05, 0.1) is 11.6 Å². The van der Waals surface area contributed by atoms with Crippen molar-refractivity contribution >= 4 is 29.1 Å². The predicted molar refractivity (Wildman–Crippen MR) is 108 cm³/mol. The number of nitrogens with zero attached hydrogens (tertiary/aromatic N) is 3. The van der Waals surface area contributed by atoms with Crippen molar-refractivity contribution in [3.63, 3.8) is 0 Å². The van der Waals surface area contributed by atoms with Crippen LogP contribution in [-0.2, 0) is 9.59 Å². The van der Waals surface area contributed by atoms with Crippen molar-refractivity contribution in [1.29, 1.82) is 0 Å². The number of carbonyl (C=O) groups is 2. The molecule has 28 heavy (non-hydrogen) atoms. The highest BCUT2D eigenvalue weighted by Crippen LogP contribution is 2.39. The molecule has 1 unspecified atom stereocenters. The number of aliphatic hydroxyl groups excluding tert-OH is 1. The maximum atomic E-state index is 12.8. The Morgan fingerprint density at radius 3 is 2.57 bits per heavy atom. The van der Waals surface area contributed by atoms with E-state index in [1.54, 1.807) is 48.8 Å². The number of aromatic nitrogens is 1. The third-order valence-corrected chi connectivity index (χ3v) is 4.90. The van der Waals surface area contributed by atoms with Crippen LogP contribution in [0.25, 0.3) is 5.76 Å². The molecule has 3 rings (SSSR count). The van der Waals surface area contributed by atoms with Crippen molar-refractivity contribution in [3.05, 3.63) is 70.5 Å². The number of Topliss-reactive ketones (excluding diaryl/α,β-unsaturated/α-hetero) is 1. The van der Waals surface area contributed by atoms with Crippen LogP contribution < -0.4 is 0 Å². The largest absolute Gasteiger partial charge is 0.507 e. The molecule has 6 nitrogen and oxygen atoms in total. The van der Waals surface area contributed by atoms with Crippen molar-refractivity contribution in [2.45, 2.75) is 12.5 Å². The number of hydrogen-bond acceptors (Lipinski definition) is 5. The summed E-state index contributed by atoms with van der Waals surface area (Å²) in [7, 11) is 3.90. The van der Waals surface area contributed by atoms with E-state index in [0.29, 0.717) is 23.6 Å². The van der Waals surface area contributed by atoms with E-state index in [1.807, 2.05) is 19.0 Å². The molecule has 146 valence electrons. The highest BCUT2D eigenvalue weighted by Gasteiger charge is 2.45. The van der Waals surface area contributed by atoms with Crippen LogP contribution >= 0.6 is 11.6 Å². The molecule has 1 aliphatic heterocycles. The maximum Gasteiger partial charge on any atom is 0.295 e. The first-order valence-electron chi connectivity index (χ1n) is 8.99. The molecule has 2 aromatic rings. The number of aliphatic hydroxyl groups is 1. The number of likely N-dealkylation sites (tertiary alicyclic amines) is 1. The number of halogens is 1. The summed E-state index contributed by atoms with van der Waals surface area (Å²) >= 11 is 6.03. The Morgan fingerprint density at radius 2 is 1.93 bits per heavy atom. The zero-order valence-corrected chi connectivity index (χ0v) is 16.6. The quantitative estimate of drug-likeness (QED) is 0.459. The molecular weight excluding hydrogens is 378 g/mol. The third kappa shape index (κ3) is 4.08. The predicted octanol–water partition coefficient (Wildman–Crippen LogP) is 3.11. The lowest BCUT2D eigenvalue weighted by atomic mass is 9.96. The Labute approximate surface area is 169 Å². The van der Waals surface area contributed by atoms with Crippen LogP contribution in [0.5, 0.6) is 0 Å². The number of pyridine rings is 1. The molecule has 0 spiro atoms. The van der Waals surface area contributed by atoms with Crippen LogP contribution in [0.1, 0.15) is 23.6 Å². The fraction of sp³-hybridized carbons (Fsp3) is 0.286. The maximum absolute atomic E-state index is 12.8. The fourth-order valence-corrected chi connectivity index (χ4v) is 3.54. The van der Waals surface area contributed by atoms with Gasteiger partial charge in [-0.1, -0.05) is 23.7 Å². The van der Waals surface area contributed by atoms with Crippen LogP contribution in [0.4, 0.5) is 0 Å². The lowest BCUT2D eigenvalue weighted by molar-refractivity contribution is -0.139. The third-order valence-electron chi connectivity index (χ3n) is 4.66. The van der Waals surface area contributed by atoms with Crippen molar-refractivity contribution in [2.75, 3.05) is 27.2 Å². The van der Waals surface area contributed by atoms with Crippen LogP contribution in [0.15, 0.2) is 54.4 Å². The first kappa shape index (κ1) is 20.0. The molecule has 0 saturated carbocycles. The van der Waals surface area contributed by atoms with E-state index in [0.717, 1.165) is 12.1 Å². The van der Waals surface area contributed by atoms with E-state index < -0.39 is 17.7 Å². The minimum atomic E-state index is -0.691. The van der Waals surface area contributed by atoms with Crippen molar-refractivity contribution in [3.8, 4) is 0 Å². The van der Waals surface area contributed by atoms with Gasteiger partial charge in [-0.3, -0.25) is 14.6 Å². The van der Waals surface area contributed by atoms with Gasteiger partial charge < -0.3 is 14.9 Å². The van der Waals surface area contributed by atoms with E-state index in [-0.39, 0.29) is 11.3 Å². The summed E-state index contributed by atoms with van der Waals surface area (Å²) in [6, 6.07) is 9.43. The summed E-state index contributed by atoms with van der Waals surface area (Å²) in [6.45, 7) is 1.18. The molecule has 1 atom stereocenters. The van der Waals surface area contributed by atoms with Gasteiger partial charge in [-0.15, -0.1) is 0 Å². The van der Waals surface area contributed by atoms with Gasteiger partial charge in [0, 0.05) is 29.5 Å². The molecule has 1 amide bonds. The Bertz CT molecular complexity index is 912. The summed E-state index contributed by atoms with van der Waals surface area (Å²) < 4.78 is 0. The summed E-state index contributed by atoms with van der Waals surface area (Å²) in [5.74, 6) is -1.52. The molecule has 1 fully saturated rings. The second-order valence-corrected chi connectivity index (χ2v) is 7.38. The molecule has 0 radical (unpaired) electrons. The summed E-state index contributed by atoms with van der Waals surface area (Å²) in [5.41, 5.74) is 1.20. The molecule has 2 heterocycles. The van der Waals surface area contributed by atoms with Crippen LogP contribution in [0, 0.1) is 0 Å². The van der Waals surface area contributed by atoms with Gasteiger partial charge >= 0.3 is 0 Å². The Kier molecular flexibility index (Phi) is 6.11. The zero-order chi connectivity index (χ0) is 20.3. The van der Waals surface area contributed by atoms with Crippen LogP contribution in [-0.4, -0.2) is 58.8 Å². The Morgan fingerprint density at radius 1 is 1.21 bits per heavy atom. The van der Waals surface area contributed by atoms with Gasteiger partial charge in [0.1, 0.15) is 5.76 Å². The van der Waals surface area contributed by atoms with Crippen LogP contribution in [0.2, 0.25) is 5.02 Å². The molecular formula is C21H22ClN3O3. The number of ketones is 1. The molecule has 1 aromatic carbocycles. The standard InChI is InChI=1S/C21H22ClN3O3/c1-24(2)11-4-12-25-18(14-7-9-23-10-8-14)17(20(27)21(25)28)19(26)15-5-3-6-16(22)13-15/h3,5-10,13,18,26H,4,11-12H2,1-2H3/b19-17-. The SMILES string of the molecule is CN(C)CCCN1C(=O)C(=O)/C(=C(\O)c2cccc(Cl)c2)C1c1ccncc1. The van der Waals surface area contributed by atoms with Gasteiger partial charge in [0.15, 0.2) is 0 Å². The molecule has 0 bridgehead atoms. The topological polar surface area (TPSA) is 73.7 Å². The molecule has 0 aliphatic carbocycles. The zero-order valence-electron chi connectivity index (χ0n) is 15.8. The van der Waals surface area contributed by atoms with Crippen LogP contribution in [0.3, 0.4) is 0 Å². The first-order valence-corrected chi connectivity index (χ1v) is 9.37.